The molecule has 1 aromatic rings. The monoisotopic (exact) mass is 266 g/mol. The summed E-state index contributed by atoms with van der Waals surface area (Å²) in [6.07, 6.45) is -8.50. The van der Waals surface area contributed by atoms with Crippen LogP contribution in [0.25, 0.3) is 0 Å². The molecule has 9 heteroatoms. The van der Waals surface area contributed by atoms with Crippen LogP contribution in [-0.2, 0) is 6.18 Å². The molecular weight excluding hydrogens is 263 g/mol. The molecule has 0 bridgehead atoms. The Morgan fingerprint density at radius 3 is 2.33 bits per heavy atom. The van der Waals surface area contributed by atoms with Crippen LogP contribution in [-0.4, -0.2) is 16.1 Å². The predicted octanol–water partition coefficient (Wildman–Crippen LogP) is 2.61. The molecule has 1 heterocycles. The molecule has 1 aromatic heterocycles. The Kier molecular flexibility index (Phi) is 3.50. The number of aromatic carboxylic acids is 1. The van der Waals surface area contributed by atoms with Gasteiger partial charge in [-0.3, -0.25) is 0 Å². The normalized spacial score (nSPS) is 11.4. The zero-order valence-electron chi connectivity index (χ0n) is 8.29. The number of rotatable bonds is 2. The van der Waals surface area contributed by atoms with E-state index in [0.717, 1.165) is 6.07 Å². The zero-order chi connectivity index (χ0) is 14.1. The first-order chi connectivity index (χ1) is 8.18. The summed E-state index contributed by atoms with van der Waals surface area (Å²) in [6.45, 7) is 0. The average Bonchev–Trinajstić information content (AvgIpc) is 2.25. The molecule has 1 N–H and O–H groups in total. The number of carboxylic acid groups (broad SMARTS) is 1. The molecule has 0 atom stereocenters. The minimum absolute atomic E-state index is 0.0321. The molecule has 0 aliphatic carbocycles. The minimum Gasteiger partial charge on any atom is -0.476 e. The lowest BCUT2D eigenvalue weighted by Gasteiger charge is -2.11. The molecule has 96 valence electrons. The molecule has 4 nitrogen and oxygen atoms in total. The average molecular weight is 266 g/mol. The van der Waals surface area contributed by atoms with Crippen molar-refractivity contribution in [3.8, 4) is 6.07 Å². The number of hydrogen-bond donors (Lipinski definition) is 1. The number of carboxylic acids is 1. The molecule has 0 fully saturated rings. The van der Waals surface area contributed by atoms with Gasteiger partial charge in [-0.15, -0.1) is 0 Å². The van der Waals surface area contributed by atoms with Gasteiger partial charge in [0.1, 0.15) is 11.8 Å². The first-order valence-corrected chi connectivity index (χ1v) is 4.22. The van der Waals surface area contributed by atoms with E-state index in [2.05, 4.69) is 4.98 Å². The van der Waals surface area contributed by atoms with Crippen LogP contribution >= 0.6 is 0 Å². The number of nitrogens with zero attached hydrogens (tertiary/aromatic N) is 2. The van der Waals surface area contributed by atoms with Crippen molar-refractivity contribution in [2.45, 2.75) is 12.6 Å². The number of alkyl halides is 5. The Morgan fingerprint density at radius 2 is 2.00 bits per heavy atom. The van der Waals surface area contributed by atoms with E-state index in [1.807, 2.05) is 0 Å². The van der Waals surface area contributed by atoms with E-state index in [-0.39, 0.29) is 6.07 Å². The van der Waals surface area contributed by atoms with Crippen LogP contribution in [0.2, 0.25) is 0 Å². The Bertz CT molecular complexity index is 533. The Balaban J connectivity index is 3.66. The van der Waals surface area contributed by atoms with Gasteiger partial charge in [0, 0.05) is 5.56 Å². The molecule has 0 aliphatic heterocycles. The summed E-state index contributed by atoms with van der Waals surface area (Å²) < 4.78 is 62.0. The van der Waals surface area contributed by atoms with Gasteiger partial charge in [0.25, 0.3) is 6.43 Å². The van der Waals surface area contributed by atoms with Crippen molar-refractivity contribution >= 4 is 5.97 Å². The van der Waals surface area contributed by atoms with Crippen LogP contribution in [0.1, 0.15) is 33.7 Å². The largest absolute Gasteiger partial charge is 0.476 e. The number of pyridine rings is 1. The molecule has 0 unspecified atom stereocenters. The van der Waals surface area contributed by atoms with Crippen molar-refractivity contribution in [2.75, 3.05) is 0 Å². The summed E-state index contributed by atoms with van der Waals surface area (Å²) in [6, 6.07) is 1.08. The van der Waals surface area contributed by atoms with Crippen molar-refractivity contribution in [2.24, 2.45) is 0 Å². The summed E-state index contributed by atoms with van der Waals surface area (Å²) in [5.74, 6) is -1.99. The van der Waals surface area contributed by atoms with Crippen LogP contribution in [0.15, 0.2) is 6.07 Å². The fourth-order valence-electron chi connectivity index (χ4n) is 1.15. The first-order valence-electron chi connectivity index (χ1n) is 4.22. The van der Waals surface area contributed by atoms with E-state index in [0.29, 0.717) is 0 Å². The van der Waals surface area contributed by atoms with Gasteiger partial charge in [0.05, 0.1) is 5.56 Å². The van der Waals surface area contributed by atoms with Crippen LogP contribution in [0.3, 0.4) is 0 Å². The molecule has 1 rings (SSSR count). The van der Waals surface area contributed by atoms with Crippen molar-refractivity contribution in [1.29, 1.82) is 5.26 Å². The lowest BCUT2D eigenvalue weighted by Crippen LogP contribution is -2.15. The molecule has 18 heavy (non-hydrogen) atoms. The van der Waals surface area contributed by atoms with Crippen molar-refractivity contribution in [3.05, 3.63) is 28.6 Å². The van der Waals surface area contributed by atoms with E-state index >= 15 is 0 Å². The second kappa shape index (κ2) is 4.56. The van der Waals surface area contributed by atoms with Crippen LogP contribution in [0.5, 0.6) is 0 Å². The molecule has 0 saturated heterocycles. The maximum Gasteiger partial charge on any atom is 0.433 e. The highest BCUT2D eigenvalue weighted by Crippen LogP contribution is 2.33. The molecule has 0 saturated carbocycles. The topological polar surface area (TPSA) is 74.0 Å². The third kappa shape index (κ3) is 2.53. The number of hydrogen-bond acceptors (Lipinski definition) is 3. The second-order valence-corrected chi connectivity index (χ2v) is 3.04. The van der Waals surface area contributed by atoms with Gasteiger partial charge in [0.2, 0.25) is 0 Å². The summed E-state index contributed by atoms with van der Waals surface area (Å²) in [7, 11) is 0. The second-order valence-electron chi connectivity index (χ2n) is 3.04. The quantitative estimate of drug-likeness (QED) is 0.835. The van der Waals surface area contributed by atoms with Gasteiger partial charge >= 0.3 is 12.1 Å². The maximum atomic E-state index is 12.5. The number of carbonyl (C=O) groups is 1. The first kappa shape index (κ1) is 13.8. The third-order valence-electron chi connectivity index (χ3n) is 1.89. The smallest absolute Gasteiger partial charge is 0.433 e. The lowest BCUT2D eigenvalue weighted by atomic mass is 10.1. The van der Waals surface area contributed by atoms with Gasteiger partial charge in [-0.1, -0.05) is 0 Å². The van der Waals surface area contributed by atoms with Gasteiger partial charge in [-0.2, -0.15) is 18.4 Å². The number of halogens is 5. The van der Waals surface area contributed by atoms with Gasteiger partial charge < -0.3 is 5.11 Å². The third-order valence-corrected chi connectivity index (χ3v) is 1.89. The van der Waals surface area contributed by atoms with E-state index in [1.54, 1.807) is 0 Å². The zero-order valence-corrected chi connectivity index (χ0v) is 8.29. The Hall–Kier alpha value is -2.24. The highest BCUT2D eigenvalue weighted by atomic mass is 19.4. The molecule has 0 radical (unpaired) electrons. The molecule has 0 aromatic carbocycles. The summed E-state index contributed by atoms with van der Waals surface area (Å²) >= 11 is 0. The fourth-order valence-corrected chi connectivity index (χ4v) is 1.15. The van der Waals surface area contributed by atoms with Crippen LogP contribution < -0.4 is 0 Å². The van der Waals surface area contributed by atoms with Gasteiger partial charge in [-0.05, 0) is 6.07 Å². The van der Waals surface area contributed by atoms with E-state index in [1.165, 1.54) is 0 Å². The standard InChI is InChI=1S/C9H3F5N2O2/c10-7(11)3-1-5(9(12,13)14)16-6(8(17)18)4(3)2-15/h1,7H,(H,17,18). The highest BCUT2D eigenvalue weighted by Gasteiger charge is 2.36. The summed E-state index contributed by atoms with van der Waals surface area (Å²) in [5, 5.41) is 17.1. The van der Waals surface area contributed by atoms with Crippen molar-refractivity contribution < 1.29 is 31.9 Å². The van der Waals surface area contributed by atoms with Crippen molar-refractivity contribution in [3.63, 3.8) is 0 Å². The number of aromatic nitrogens is 1. The molecule has 0 spiro atoms. The summed E-state index contributed by atoms with van der Waals surface area (Å²) in [5.41, 5.74) is -5.51. The molecule has 0 aliphatic rings. The summed E-state index contributed by atoms with van der Waals surface area (Å²) in [4.78, 5) is 13.3. The maximum absolute atomic E-state index is 12.5. The van der Waals surface area contributed by atoms with Crippen molar-refractivity contribution in [1.82, 2.24) is 4.98 Å². The fraction of sp³-hybridized carbons (Fsp3) is 0.222. The SMILES string of the molecule is N#Cc1c(C(F)F)cc(C(F)(F)F)nc1C(=O)O. The molecule has 0 amide bonds. The Labute approximate surface area is 96.3 Å². The molecular formula is C9H3F5N2O2. The minimum atomic E-state index is -5.08. The van der Waals surface area contributed by atoms with Crippen LogP contribution in [0.4, 0.5) is 22.0 Å². The van der Waals surface area contributed by atoms with E-state index in [4.69, 9.17) is 10.4 Å². The highest BCUT2D eigenvalue weighted by molar-refractivity contribution is 5.89. The van der Waals surface area contributed by atoms with E-state index < -0.39 is 41.1 Å². The van der Waals surface area contributed by atoms with Gasteiger partial charge in [0.15, 0.2) is 5.69 Å². The van der Waals surface area contributed by atoms with Crippen LogP contribution in [0, 0.1) is 11.3 Å². The number of nitriles is 1. The lowest BCUT2D eigenvalue weighted by molar-refractivity contribution is -0.141. The van der Waals surface area contributed by atoms with E-state index in [9.17, 15) is 26.7 Å². The Morgan fingerprint density at radius 1 is 1.44 bits per heavy atom. The van der Waals surface area contributed by atoms with Gasteiger partial charge in [-0.25, -0.2) is 18.6 Å². The predicted molar refractivity (Wildman–Crippen MR) is 45.9 cm³/mol.